The molecule has 0 bridgehead atoms. The highest BCUT2D eigenvalue weighted by molar-refractivity contribution is 5.47. The van der Waals surface area contributed by atoms with Gasteiger partial charge in [-0.1, -0.05) is 6.07 Å². The second-order valence-electron chi connectivity index (χ2n) is 3.69. The van der Waals surface area contributed by atoms with Crippen LogP contribution in [0.1, 0.15) is 18.5 Å². The molecule has 0 aliphatic carbocycles. The summed E-state index contributed by atoms with van der Waals surface area (Å²) < 4.78 is 0. The first-order valence-electron chi connectivity index (χ1n) is 5.46. The molecular formula is C12H15N5. The number of hydrogen-bond acceptors (Lipinski definition) is 5. The molecule has 0 saturated carbocycles. The summed E-state index contributed by atoms with van der Waals surface area (Å²) in [5.41, 5.74) is 1.12. The van der Waals surface area contributed by atoms with Crippen LogP contribution < -0.4 is 10.6 Å². The highest BCUT2D eigenvalue weighted by Gasteiger charge is 2.06. The molecule has 88 valence electrons. The van der Waals surface area contributed by atoms with Crippen LogP contribution in [-0.4, -0.2) is 22.0 Å². The van der Waals surface area contributed by atoms with Crippen molar-refractivity contribution in [1.29, 1.82) is 0 Å². The van der Waals surface area contributed by atoms with Crippen LogP contribution in [0.2, 0.25) is 0 Å². The molecular weight excluding hydrogens is 214 g/mol. The summed E-state index contributed by atoms with van der Waals surface area (Å²) in [6, 6.07) is 5.98. The minimum atomic E-state index is 0.156. The lowest BCUT2D eigenvalue weighted by Crippen LogP contribution is -2.08. The Hall–Kier alpha value is -2.17. The van der Waals surface area contributed by atoms with Gasteiger partial charge in [0.25, 0.3) is 0 Å². The van der Waals surface area contributed by atoms with E-state index < -0.39 is 0 Å². The number of hydrogen-bond donors (Lipinski definition) is 2. The van der Waals surface area contributed by atoms with Crippen molar-refractivity contribution >= 4 is 11.6 Å². The molecule has 1 atom stereocenters. The highest BCUT2D eigenvalue weighted by Crippen LogP contribution is 2.17. The average molecular weight is 229 g/mol. The smallest absolute Gasteiger partial charge is 0.131 e. The van der Waals surface area contributed by atoms with E-state index in [1.165, 1.54) is 6.33 Å². The second-order valence-corrected chi connectivity index (χ2v) is 3.69. The van der Waals surface area contributed by atoms with Crippen LogP contribution in [0.3, 0.4) is 0 Å². The molecule has 0 aliphatic heterocycles. The van der Waals surface area contributed by atoms with E-state index in [4.69, 9.17) is 0 Å². The fourth-order valence-electron chi connectivity index (χ4n) is 1.51. The second kappa shape index (κ2) is 5.25. The fourth-order valence-corrected chi connectivity index (χ4v) is 1.51. The molecule has 2 aromatic heterocycles. The third-order valence-corrected chi connectivity index (χ3v) is 2.47. The highest BCUT2D eigenvalue weighted by atomic mass is 15.1. The normalized spacial score (nSPS) is 11.9. The molecule has 5 nitrogen and oxygen atoms in total. The first-order chi connectivity index (χ1) is 8.29. The molecule has 0 amide bonds. The molecule has 0 radical (unpaired) electrons. The molecule has 0 saturated heterocycles. The first-order valence-corrected chi connectivity index (χ1v) is 5.46. The minimum Gasteiger partial charge on any atom is -0.373 e. The molecule has 0 aromatic carbocycles. The van der Waals surface area contributed by atoms with Crippen molar-refractivity contribution < 1.29 is 0 Å². The predicted molar refractivity (Wildman–Crippen MR) is 67.9 cm³/mol. The lowest BCUT2D eigenvalue weighted by Gasteiger charge is -2.14. The third-order valence-electron chi connectivity index (χ3n) is 2.47. The van der Waals surface area contributed by atoms with Gasteiger partial charge in [0.05, 0.1) is 6.04 Å². The van der Waals surface area contributed by atoms with E-state index >= 15 is 0 Å². The van der Waals surface area contributed by atoms with E-state index in [2.05, 4.69) is 32.5 Å². The number of nitrogens with zero attached hydrogens (tertiary/aromatic N) is 3. The standard InChI is InChI=1S/C12H15N5/c1-9(10-4-3-5-14-7-10)17-12-6-11(13-2)15-8-16-12/h3-9H,1-2H3,(H2,13,15,16,17). The van der Waals surface area contributed by atoms with Crippen molar-refractivity contribution in [3.05, 3.63) is 42.5 Å². The van der Waals surface area contributed by atoms with Crippen molar-refractivity contribution in [1.82, 2.24) is 15.0 Å². The Morgan fingerprint density at radius 2 is 2.06 bits per heavy atom. The molecule has 2 aromatic rings. The van der Waals surface area contributed by atoms with E-state index in [1.54, 1.807) is 6.20 Å². The lowest BCUT2D eigenvalue weighted by molar-refractivity contribution is 0.864. The van der Waals surface area contributed by atoms with E-state index in [-0.39, 0.29) is 6.04 Å². The van der Waals surface area contributed by atoms with Crippen LogP contribution in [0.25, 0.3) is 0 Å². The third kappa shape index (κ3) is 2.90. The minimum absolute atomic E-state index is 0.156. The van der Waals surface area contributed by atoms with Gasteiger partial charge in [0.2, 0.25) is 0 Å². The monoisotopic (exact) mass is 229 g/mol. The molecule has 0 spiro atoms. The van der Waals surface area contributed by atoms with Gasteiger partial charge in [0.1, 0.15) is 18.0 Å². The van der Waals surface area contributed by atoms with E-state index in [0.717, 1.165) is 17.2 Å². The van der Waals surface area contributed by atoms with Gasteiger partial charge >= 0.3 is 0 Å². The maximum absolute atomic E-state index is 4.17. The number of rotatable bonds is 4. The fraction of sp³-hybridized carbons (Fsp3) is 0.250. The van der Waals surface area contributed by atoms with Crippen LogP contribution in [0.15, 0.2) is 36.9 Å². The van der Waals surface area contributed by atoms with Gasteiger partial charge in [-0.3, -0.25) is 4.98 Å². The van der Waals surface area contributed by atoms with Crippen LogP contribution in [0.4, 0.5) is 11.6 Å². The molecule has 2 heterocycles. The van der Waals surface area contributed by atoms with E-state index in [1.807, 2.05) is 31.4 Å². The topological polar surface area (TPSA) is 62.7 Å². The van der Waals surface area contributed by atoms with Crippen LogP contribution in [0.5, 0.6) is 0 Å². The summed E-state index contributed by atoms with van der Waals surface area (Å²) in [5, 5.41) is 6.28. The molecule has 0 aliphatic rings. The average Bonchev–Trinajstić information content (AvgIpc) is 2.40. The SMILES string of the molecule is CNc1cc(NC(C)c2cccnc2)ncn1. The van der Waals surface area contributed by atoms with Gasteiger partial charge in [-0.05, 0) is 18.6 Å². The van der Waals surface area contributed by atoms with Crippen molar-refractivity contribution in [3.63, 3.8) is 0 Å². The van der Waals surface area contributed by atoms with Gasteiger partial charge in [-0.2, -0.15) is 0 Å². The summed E-state index contributed by atoms with van der Waals surface area (Å²) in [6.45, 7) is 2.07. The summed E-state index contributed by atoms with van der Waals surface area (Å²) in [6.07, 6.45) is 5.14. The maximum Gasteiger partial charge on any atom is 0.131 e. The number of nitrogens with one attached hydrogen (secondary N) is 2. The number of anilines is 2. The van der Waals surface area contributed by atoms with Gasteiger partial charge in [0, 0.05) is 25.5 Å². The first kappa shape index (κ1) is 11.3. The lowest BCUT2D eigenvalue weighted by atomic mass is 10.1. The zero-order valence-corrected chi connectivity index (χ0v) is 9.88. The zero-order valence-electron chi connectivity index (χ0n) is 9.88. The Labute approximate surface area is 100 Å². The Balaban J connectivity index is 2.10. The Morgan fingerprint density at radius 1 is 1.24 bits per heavy atom. The molecule has 0 fully saturated rings. The quantitative estimate of drug-likeness (QED) is 0.840. The number of pyridine rings is 1. The largest absolute Gasteiger partial charge is 0.373 e. The van der Waals surface area contributed by atoms with Crippen molar-refractivity contribution in [2.45, 2.75) is 13.0 Å². The zero-order chi connectivity index (χ0) is 12.1. The Kier molecular flexibility index (Phi) is 3.49. The Bertz CT molecular complexity index is 471. The molecule has 17 heavy (non-hydrogen) atoms. The summed E-state index contributed by atoms with van der Waals surface area (Å²) in [5.74, 6) is 1.58. The van der Waals surface area contributed by atoms with Gasteiger partial charge in [-0.25, -0.2) is 9.97 Å². The molecule has 1 unspecified atom stereocenters. The van der Waals surface area contributed by atoms with E-state index in [0.29, 0.717) is 0 Å². The van der Waals surface area contributed by atoms with Crippen molar-refractivity contribution in [2.75, 3.05) is 17.7 Å². The van der Waals surface area contributed by atoms with Crippen molar-refractivity contribution in [2.24, 2.45) is 0 Å². The molecule has 5 heteroatoms. The predicted octanol–water partition coefficient (Wildman–Crippen LogP) is 2.09. The van der Waals surface area contributed by atoms with Crippen LogP contribution in [-0.2, 0) is 0 Å². The van der Waals surface area contributed by atoms with E-state index in [9.17, 15) is 0 Å². The Morgan fingerprint density at radius 3 is 2.76 bits per heavy atom. The van der Waals surface area contributed by atoms with Gasteiger partial charge in [0.15, 0.2) is 0 Å². The summed E-state index contributed by atoms with van der Waals surface area (Å²) in [4.78, 5) is 12.3. The molecule has 2 rings (SSSR count). The maximum atomic E-state index is 4.17. The summed E-state index contributed by atoms with van der Waals surface area (Å²) in [7, 11) is 1.83. The van der Waals surface area contributed by atoms with Crippen LogP contribution in [0, 0.1) is 0 Å². The van der Waals surface area contributed by atoms with Gasteiger partial charge in [-0.15, -0.1) is 0 Å². The van der Waals surface area contributed by atoms with Gasteiger partial charge < -0.3 is 10.6 Å². The molecule has 2 N–H and O–H groups in total. The van der Waals surface area contributed by atoms with Crippen LogP contribution >= 0.6 is 0 Å². The summed E-state index contributed by atoms with van der Waals surface area (Å²) >= 11 is 0. The van der Waals surface area contributed by atoms with Crippen molar-refractivity contribution in [3.8, 4) is 0 Å². The number of aromatic nitrogens is 3.